The molecule has 1 saturated carbocycles. The van der Waals surface area contributed by atoms with Crippen molar-refractivity contribution in [3.8, 4) is 5.75 Å². The number of hydrogen-bond donors (Lipinski definition) is 1. The SMILES string of the molecule is CCCOc1ccccc1C1(N)CCCC(CCC)CC1. The summed E-state index contributed by atoms with van der Waals surface area (Å²) in [7, 11) is 0. The van der Waals surface area contributed by atoms with E-state index < -0.39 is 0 Å². The molecule has 0 bridgehead atoms. The first-order valence-corrected chi connectivity index (χ1v) is 8.70. The molecule has 1 aromatic carbocycles. The van der Waals surface area contributed by atoms with E-state index in [9.17, 15) is 0 Å². The van der Waals surface area contributed by atoms with Crippen LogP contribution in [0, 0.1) is 5.92 Å². The van der Waals surface area contributed by atoms with Gasteiger partial charge in [0, 0.05) is 11.1 Å². The van der Waals surface area contributed by atoms with E-state index in [2.05, 4.69) is 38.1 Å². The lowest BCUT2D eigenvalue weighted by Crippen LogP contribution is -2.36. The largest absolute Gasteiger partial charge is 0.493 e. The minimum absolute atomic E-state index is 0.202. The van der Waals surface area contributed by atoms with Crippen LogP contribution < -0.4 is 10.5 Å². The Balaban J connectivity index is 2.15. The normalized spacial score (nSPS) is 26.3. The van der Waals surface area contributed by atoms with Crippen molar-refractivity contribution in [2.24, 2.45) is 11.7 Å². The summed E-state index contributed by atoms with van der Waals surface area (Å²) in [4.78, 5) is 0. The predicted octanol–water partition coefficient (Wildman–Crippen LogP) is 5.01. The lowest BCUT2D eigenvalue weighted by atomic mass is 9.83. The number of para-hydroxylation sites is 1. The first-order valence-electron chi connectivity index (χ1n) is 8.70. The Labute approximate surface area is 130 Å². The second kappa shape index (κ2) is 7.84. The van der Waals surface area contributed by atoms with E-state index in [4.69, 9.17) is 10.5 Å². The molecule has 0 amide bonds. The molecule has 21 heavy (non-hydrogen) atoms. The lowest BCUT2D eigenvalue weighted by Gasteiger charge is -2.30. The molecule has 1 aliphatic rings. The zero-order valence-electron chi connectivity index (χ0n) is 13.7. The van der Waals surface area contributed by atoms with Crippen molar-refractivity contribution >= 4 is 0 Å². The minimum Gasteiger partial charge on any atom is -0.493 e. The van der Waals surface area contributed by atoms with E-state index in [1.807, 2.05) is 0 Å². The average molecular weight is 289 g/mol. The molecule has 2 atom stereocenters. The van der Waals surface area contributed by atoms with E-state index in [0.29, 0.717) is 0 Å². The molecule has 0 radical (unpaired) electrons. The van der Waals surface area contributed by atoms with Gasteiger partial charge in [-0.05, 0) is 37.7 Å². The topological polar surface area (TPSA) is 35.2 Å². The Kier molecular flexibility index (Phi) is 6.10. The first-order chi connectivity index (χ1) is 10.2. The van der Waals surface area contributed by atoms with Crippen molar-refractivity contribution in [3.63, 3.8) is 0 Å². The first kappa shape index (κ1) is 16.4. The van der Waals surface area contributed by atoms with Gasteiger partial charge in [-0.25, -0.2) is 0 Å². The number of nitrogens with two attached hydrogens (primary N) is 1. The van der Waals surface area contributed by atoms with Crippen LogP contribution in [0.3, 0.4) is 0 Å². The van der Waals surface area contributed by atoms with Gasteiger partial charge in [-0.1, -0.05) is 57.7 Å². The molecule has 0 aromatic heterocycles. The fraction of sp³-hybridized carbons (Fsp3) is 0.684. The average Bonchev–Trinajstić information content (AvgIpc) is 2.69. The predicted molar refractivity (Wildman–Crippen MR) is 89.6 cm³/mol. The molecular weight excluding hydrogens is 258 g/mol. The number of ether oxygens (including phenoxy) is 1. The molecular formula is C19H31NO. The van der Waals surface area contributed by atoms with Crippen LogP contribution >= 0.6 is 0 Å². The van der Waals surface area contributed by atoms with E-state index >= 15 is 0 Å². The summed E-state index contributed by atoms with van der Waals surface area (Å²) in [5.74, 6) is 1.86. The van der Waals surface area contributed by atoms with Crippen molar-refractivity contribution in [3.05, 3.63) is 29.8 Å². The van der Waals surface area contributed by atoms with Crippen molar-refractivity contribution in [1.82, 2.24) is 0 Å². The summed E-state index contributed by atoms with van der Waals surface area (Å²) in [6.07, 6.45) is 9.68. The van der Waals surface area contributed by atoms with Gasteiger partial charge in [0.2, 0.25) is 0 Å². The van der Waals surface area contributed by atoms with Gasteiger partial charge in [-0.2, -0.15) is 0 Å². The van der Waals surface area contributed by atoms with Gasteiger partial charge < -0.3 is 10.5 Å². The third-order valence-electron chi connectivity index (χ3n) is 4.82. The Morgan fingerprint density at radius 2 is 1.95 bits per heavy atom. The van der Waals surface area contributed by atoms with Crippen molar-refractivity contribution < 1.29 is 4.74 Å². The van der Waals surface area contributed by atoms with Crippen molar-refractivity contribution in [2.45, 2.75) is 70.8 Å². The van der Waals surface area contributed by atoms with Gasteiger partial charge in [0.05, 0.1) is 6.61 Å². The zero-order valence-corrected chi connectivity index (χ0v) is 13.7. The molecule has 0 aliphatic heterocycles. The summed E-state index contributed by atoms with van der Waals surface area (Å²) < 4.78 is 5.94. The Bertz CT molecular complexity index is 431. The van der Waals surface area contributed by atoms with E-state index in [-0.39, 0.29) is 5.54 Å². The monoisotopic (exact) mass is 289 g/mol. The van der Waals surface area contributed by atoms with Crippen LogP contribution in [0.4, 0.5) is 0 Å². The van der Waals surface area contributed by atoms with Crippen LogP contribution in [0.5, 0.6) is 5.75 Å². The molecule has 1 fully saturated rings. The maximum atomic E-state index is 6.83. The number of hydrogen-bond acceptors (Lipinski definition) is 2. The second-order valence-corrected chi connectivity index (χ2v) is 6.59. The van der Waals surface area contributed by atoms with E-state index in [1.165, 1.54) is 37.7 Å². The molecule has 2 N–H and O–H groups in total. The third kappa shape index (κ3) is 4.23. The highest BCUT2D eigenvalue weighted by atomic mass is 16.5. The molecule has 0 heterocycles. The molecule has 118 valence electrons. The standard InChI is InChI=1S/C19H31NO/c1-3-8-16-9-7-13-19(20,14-12-16)17-10-5-6-11-18(17)21-15-4-2/h5-6,10-11,16H,3-4,7-9,12-15,20H2,1-2H3. The van der Waals surface area contributed by atoms with Crippen LogP contribution in [0.25, 0.3) is 0 Å². The smallest absolute Gasteiger partial charge is 0.124 e. The highest BCUT2D eigenvalue weighted by molar-refractivity contribution is 5.39. The van der Waals surface area contributed by atoms with Crippen molar-refractivity contribution in [2.75, 3.05) is 6.61 Å². The summed E-state index contributed by atoms with van der Waals surface area (Å²) in [5.41, 5.74) is 7.85. The van der Waals surface area contributed by atoms with Crippen molar-refractivity contribution in [1.29, 1.82) is 0 Å². The third-order valence-corrected chi connectivity index (χ3v) is 4.82. The fourth-order valence-corrected chi connectivity index (χ4v) is 3.62. The van der Waals surface area contributed by atoms with E-state index in [1.54, 1.807) is 0 Å². The molecule has 0 spiro atoms. The molecule has 2 rings (SSSR count). The van der Waals surface area contributed by atoms with Crippen LogP contribution in [0.2, 0.25) is 0 Å². The van der Waals surface area contributed by atoms with E-state index in [0.717, 1.165) is 37.5 Å². The van der Waals surface area contributed by atoms with Gasteiger partial charge in [0.15, 0.2) is 0 Å². The molecule has 2 nitrogen and oxygen atoms in total. The van der Waals surface area contributed by atoms with Crippen LogP contribution in [-0.2, 0) is 5.54 Å². The minimum atomic E-state index is -0.202. The van der Waals surface area contributed by atoms with Crippen LogP contribution in [0.1, 0.15) is 70.8 Å². The van der Waals surface area contributed by atoms with Gasteiger partial charge in [0.1, 0.15) is 5.75 Å². The summed E-state index contributed by atoms with van der Waals surface area (Å²) in [6.45, 7) is 5.20. The molecule has 0 saturated heterocycles. The molecule has 2 heteroatoms. The summed E-state index contributed by atoms with van der Waals surface area (Å²) in [6, 6.07) is 8.39. The summed E-state index contributed by atoms with van der Waals surface area (Å²) in [5, 5.41) is 0. The van der Waals surface area contributed by atoms with Crippen LogP contribution in [-0.4, -0.2) is 6.61 Å². The van der Waals surface area contributed by atoms with Gasteiger partial charge >= 0.3 is 0 Å². The van der Waals surface area contributed by atoms with Gasteiger partial charge in [0.25, 0.3) is 0 Å². The number of benzene rings is 1. The lowest BCUT2D eigenvalue weighted by molar-refractivity contribution is 0.294. The highest BCUT2D eigenvalue weighted by Crippen LogP contribution is 2.40. The second-order valence-electron chi connectivity index (χ2n) is 6.59. The maximum Gasteiger partial charge on any atom is 0.124 e. The molecule has 2 unspecified atom stereocenters. The maximum absolute atomic E-state index is 6.83. The zero-order chi connectivity index (χ0) is 15.1. The Morgan fingerprint density at radius 1 is 1.14 bits per heavy atom. The quantitative estimate of drug-likeness (QED) is 0.747. The highest BCUT2D eigenvalue weighted by Gasteiger charge is 2.33. The Hall–Kier alpha value is -1.02. The van der Waals surface area contributed by atoms with Crippen LogP contribution in [0.15, 0.2) is 24.3 Å². The molecule has 1 aromatic rings. The van der Waals surface area contributed by atoms with Gasteiger partial charge in [-0.15, -0.1) is 0 Å². The molecule has 1 aliphatic carbocycles. The number of rotatable bonds is 6. The summed E-state index contributed by atoms with van der Waals surface area (Å²) >= 11 is 0. The van der Waals surface area contributed by atoms with Gasteiger partial charge in [-0.3, -0.25) is 0 Å². The fourth-order valence-electron chi connectivity index (χ4n) is 3.62. The Morgan fingerprint density at radius 3 is 2.71 bits per heavy atom.